The molecule has 404 valence electrons. The van der Waals surface area contributed by atoms with Crippen LogP contribution in [0.25, 0.3) is 0 Å². The van der Waals surface area contributed by atoms with E-state index in [1.54, 1.807) is 0 Å². The van der Waals surface area contributed by atoms with Gasteiger partial charge in [0, 0.05) is 32.7 Å². The maximum Gasteiger partial charge on any atom is 0.0701 e. The summed E-state index contributed by atoms with van der Waals surface area (Å²) in [6.45, 7) is 12.4. The van der Waals surface area contributed by atoms with E-state index in [-0.39, 0.29) is 18.3 Å². The zero-order valence-electron chi connectivity index (χ0n) is 46.0. The number of hydrogen-bond acceptors (Lipinski definition) is 7. The molecule has 3 atom stereocenters. The fraction of sp³-hybridized carbons (Fsp3) is 1.00. The van der Waals surface area contributed by atoms with Crippen LogP contribution in [0.15, 0.2) is 0 Å². The Kier molecular flexibility index (Phi) is 58.0. The second-order valence-electron chi connectivity index (χ2n) is 21.3. The van der Waals surface area contributed by atoms with Gasteiger partial charge in [0.05, 0.1) is 44.7 Å². The molecule has 0 aliphatic heterocycles. The molecule has 0 aromatic rings. The van der Waals surface area contributed by atoms with Crippen LogP contribution >= 0.6 is 0 Å². The topological polar surface area (TPSA) is 94.4 Å². The minimum absolute atomic E-state index is 0.279. The van der Waals surface area contributed by atoms with Crippen molar-refractivity contribution in [3.8, 4) is 0 Å². The Morgan fingerprint density at radius 1 is 0.313 bits per heavy atom. The van der Waals surface area contributed by atoms with E-state index in [0.29, 0.717) is 52.6 Å². The zero-order chi connectivity index (χ0) is 48.6. The van der Waals surface area contributed by atoms with Gasteiger partial charge in [0.2, 0.25) is 0 Å². The fourth-order valence-electron chi connectivity index (χ4n) is 9.79. The predicted molar refractivity (Wildman–Crippen MR) is 294 cm³/mol. The van der Waals surface area contributed by atoms with E-state index < -0.39 is 0 Å². The van der Waals surface area contributed by atoms with Crippen LogP contribution in [-0.2, 0) is 9.47 Å². The molecule has 0 aliphatic rings. The molecule has 0 saturated carbocycles. The molecule has 3 unspecified atom stereocenters. The Labute approximate surface area is 420 Å². The second kappa shape index (κ2) is 58.3. The second-order valence-corrected chi connectivity index (χ2v) is 21.3. The van der Waals surface area contributed by atoms with Crippen LogP contribution in [0.5, 0.6) is 0 Å². The molecule has 4 N–H and O–H groups in total. The monoisotopic (exact) mass is 953 g/mol. The van der Waals surface area contributed by atoms with Crippen molar-refractivity contribution in [2.45, 2.75) is 328 Å². The van der Waals surface area contributed by atoms with Crippen molar-refractivity contribution in [1.29, 1.82) is 0 Å². The molecule has 0 radical (unpaired) electrons. The number of nitrogens with zero attached hydrogens (tertiary/aromatic N) is 1. The smallest absolute Gasteiger partial charge is 0.0701 e. The van der Waals surface area contributed by atoms with Crippen LogP contribution in [0.1, 0.15) is 310 Å². The highest BCUT2D eigenvalue weighted by molar-refractivity contribution is 4.70. The number of unbranched alkanes of at least 4 members (excludes halogenated alkanes) is 39. The van der Waals surface area contributed by atoms with Crippen LogP contribution in [0.2, 0.25) is 0 Å². The quantitative estimate of drug-likeness (QED) is 0.0451. The lowest BCUT2D eigenvalue weighted by Crippen LogP contribution is -2.40. The van der Waals surface area contributed by atoms with E-state index >= 15 is 0 Å². The van der Waals surface area contributed by atoms with Crippen molar-refractivity contribution in [3.05, 3.63) is 0 Å². The highest BCUT2D eigenvalue weighted by Gasteiger charge is 2.16. The van der Waals surface area contributed by atoms with Gasteiger partial charge in [0.25, 0.3) is 0 Å². The third-order valence-corrected chi connectivity index (χ3v) is 14.3. The molecule has 0 spiro atoms. The molecule has 0 fully saturated rings. The van der Waals surface area contributed by atoms with Gasteiger partial charge in [-0.15, -0.1) is 0 Å². The van der Waals surface area contributed by atoms with Crippen LogP contribution < -0.4 is 5.32 Å². The molecular formula is C60H124N2O5. The average molecular weight is 954 g/mol. The number of rotatable bonds is 60. The van der Waals surface area contributed by atoms with E-state index in [1.165, 1.54) is 250 Å². The van der Waals surface area contributed by atoms with E-state index in [4.69, 9.17) is 9.47 Å². The minimum Gasteiger partial charge on any atom is -0.392 e. The lowest BCUT2D eigenvalue weighted by Gasteiger charge is -2.27. The van der Waals surface area contributed by atoms with Gasteiger partial charge in [-0.1, -0.05) is 290 Å². The van der Waals surface area contributed by atoms with Crippen molar-refractivity contribution in [3.63, 3.8) is 0 Å². The molecule has 0 saturated heterocycles. The first-order valence-corrected chi connectivity index (χ1v) is 30.7. The molecular weight excluding hydrogens is 829 g/mol. The van der Waals surface area contributed by atoms with Gasteiger partial charge in [-0.05, 0) is 19.3 Å². The first kappa shape index (κ1) is 66.7. The molecule has 0 rings (SSSR count). The van der Waals surface area contributed by atoms with Gasteiger partial charge in [0.15, 0.2) is 0 Å². The number of aliphatic hydroxyl groups is 3. The Bertz CT molecular complexity index is 841. The molecule has 0 aliphatic carbocycles. The average Bonchev–Trinajstić information content (AvgIpc) is 3.32. The molecule has 7 nitrogen and oxygen atoms in total. The summed E-state index contributed by atoms with van der Waals surface area (Å²) in [7, 11) is 0. The fourth-order valence-corrected chi connectivity index (χ4v) is 9.79. The first-order valence-electron chi connectivity index (χ1n) is 30.7. The molecule has 7 heteroatoms. The summed E-state index contributed by atoms with van der Waals surface area (Å²) in [5, 5.41) is 35.8. The van der Waals surface area contributed by atoms with Crippen molar-refractivity contribution < 1.29 is 24.8 Å². The summed E-state index contributed by atoms with van der Waals surface area (Å²) in [5.41, 5.74) is 0. The van der Waals surface area contributed by atoms with Gasteiger partial charge in [-0.3, -0.25) is 4.90 Å². The SMILES string of the molecule is CCCCCCCCCCCCCCCCC(O)CNCCOCCOCCN(CC(O)CCCCCCCCCCCCCCCC)CC(O)CCCCCCCCCCCCCCCC. The Balaban J connectivity index is 4.17. The largest absolute Gasteiger partial charge is 0.392 e. The van der Waals surface area contributed by atoms with E-state index in [1.807, 2.05) is 0 Å². The van der Waals surface area contributed by atoms with Crippen LogP contribution in [0, 0.1) is 0 Å². The first-order chi connectivity index (χ1) is 33.0. The third kappa shape index (κ3) is 56.5. The summed E-state index contributed by atoms with van der Waals surface area (Å²) in [6, 6.07) is 0. The zero-order valence-corrected chi connectivity index (χ0v) is 46.0. The van der Waals surface area contributed by atoms with Crippen LogP contribution in [0.4, 0.5) is 0 Å². The Morgan fingerprint density at radius 3 is 0.866 bits per heavy atom. The molecule has 0 aromatic carbocycles. The maximum absolute atomic E-state index is 11.0. The number of hydrogen-bond donors (Lipinski definition) is 4. The van der Waals surface area contributed by atoms with Gasteiger partial charge >= 0.3 is 0 Å². The molecule has 67 heavy (non-hydrogen) atoms. The van der Waals surface area contributed by atoms with Crippen molar-refractivity contribution in [2.75, 3.05) is 59.2 Å². The van der Waals surface area contributed by atoms with E-state index in [2.05, 4.69) is 31.0 Å². The molecule has 0 amide bonds. The van der Waals surface area contributed by atoms with E-state index in [9.17, 15) is 15.3 Å². The summed E-state index contributed by atoms with van der Waals surface area (Å²) in [4.78, 5) is 2.23. The van der Waals surface area contributed by atoms with Crippen molar-refractivity contribution in [2.24, 2.45) is 0 Å². The lowest BCUT2D eigenvalue weighted by molar-refractivity contribution is 0.0186. The summed E-state index contributed by atoms with van der Waals surface area (Å²) in [6.07, 6.45) is 58.2. The highest BCUT2D eigenvalue weighted by Crippen LogP contribution is 2.18. The van der Waals surface area contributed by atoms with E-state index in [0.717, 1.165) is 45.1 Å². The number of aliphatic hydroxyl groups excluding tert-OH is 3. The third-order valence-electron chi connectivity index (χ3n) is 14.3. The summed E-state index contributed by atoms with van der Waals surface area (Å²) in [5.74, 6) is 0. The van der Waals surface area contributed by atoms with Gasteiger partial charge in [-0.25, -0.2) is 0 Å². The van der Waals surface area contributed by atoms with Crippen LogP contribution in [0.3, 0.4) is 0 Å². The van der Waals surface area contributed by atoms with Crippen LogP contribution in [-0.4, -0.2) is 97.7 Å². The Morgan fingerprint density at radius 2 is 0.567 bits per heavy atom. The Hall–Kier alpha value is -0.280. The standard InChI is InChI=1S/C60H124N2O5/c1-4-7-10-13-16-19-22-25-28-31-34-37-40-43-46-58(63)55-61-49-51-66-53-54-67-52-50-62(56-59(64)47-44-41-38-35-32-29-26-23-20-17-14-11-8-5-2)57-60(65)48-45-42-39-36-33-30-27-24-21-18-15-12-9-6-3/h58-61,63-65H,4-57H2,1-3H3. The van der Waals surface area contributed by atoms with Gasteiger partial charge in [-0.2, -0.15) is 0 Å². The van der Waals surface area contributed by atoms with Crippen molar-refractivity contribution >= 4 is 0 Å². The van der Waals surface area contributed by atoms with Gasteiger partial charge < -0.3 is 30.1 Å². The summed E-state index contributed by atoms with van der Waals surface area (Å²) >= 11 is 0. The molecule has 0 bridgehead atoms. The summed E-state index contributed by atoms with van der Waals surface area (Å²) < 4.78 is 11.8. The predicted octanol–water partition coefficient (Wildman–Crippen LogP) is 16.6. The van der Waals surface area contributed by atoms with Gasteiger partial charge in [0.1, 0.15) is 0 Å². The van der Waals surface area contributed by atoms with Crippen molar-refractivity contribution in [1.82, 2.24) is 10.2 Å². The minimum atomic E-state index is -0.362. The lowest BCUT2D eigenvalue weighted by atomic mass is 10.0. The number of ether oxygens (including phenoxy) is 2. The molecule has 0 heterocycles. The molecule has 0 aromatic heterocycles. The number of nitrogens with one attached hydrogen (secondary N) is 1. The normalized spacial score (nSPS) is 13.3. The maximum atomic E-state index is 11.0. The highest BCUT2D eigenvalue weighted by atomic mass is 16.5.